The topological polar surface area (TPSA) is 38.5 Å². The summed E-state index contributed by atoms with van der Waals surface area (Å²) in [7, 11) is 0. The van der Waals surface area contributed by atoms with Gasteiger partial charge in [0.2, 0.25) is 0 Å². The lowest BCUT2D eigenvalue weighted by Crippen LogP contribution is -2.47. The third-order valence-electron chi connectivity index (χ3n) is 4.13. The maximum absolute atomic E-state index is 12.5. The number of ether oxygens (including phenoxy) is 1. The molecule has 2 unspecified atom stereocenters. The lowest BCUT2D eigenvalue weighted by molar-refractivity contribution is -0.0496. The van der Waals surface area contributed by atoms with Crippen molar-refractivity contribution < 1.29 is 13.5 Å². The number of benzene rings is 1. The molecule has 2 N–H and O–H groups in total. The Morgan fingerprint density at radius 3 is 2.42 bits per heavy atom. The van der Waals surface area contributed by atoms with E-state index in [1.54, 1.807) is 12.1 Å². The van der Waals surface area contributed by atoms with Crippen LogP contribution in [0, 0.1) is 0 Å². The molecule has 0 aliphatic carbocycles. The fourth-order valence-electron chi connectivity index (χ4n) is 3.48. The van der Waals surface area contributed by atoms with Gasteiger partial charge in [0.05, 0.1) is 5.69 Å². The van der Waals surface area contributed by atoms with Gasteiger partial charge >= 0.3 is 6.61 Å². The van der Waals surface area contributed by atoms with Crippen LogP contribution in [0.25, 0.3) is 0 Å². The summed E-state index contributed by atoms with van der Waals surface area (Å²) in [5.74, 6) is 0.268. The molecule has 2 aliphatic rings. The highest BCUT2D eigenvalue weighted by Crippen LogP contribution is 2.42. The minimum Gasteiger partial charge on any atom is -0.433 e. The molecule has 3 rings (SSSR count). The molecule has 0 radical (unpaired) electrons. The largest absolute Gasteiger partial charge is 0.433 e. The van der Waals surface area contributed by atoms with Gasteiger partial charge in [-0.1, -0.05) is 12.1 Å². The van der Waals surface area contributed by atoms with Crippen molar-refractivity contribution in [2.24, 2.45) is 5.73 Å². The van der Waals surface area contributed by atoms with Gasteiger partial charge in [-0.15, -0.1) is 0 Å². The van der Waals surface area contributed by atoms with E-state index in [4.69, 9.17) is 5.73 Å². The molecule has 19 heavy (non-hydrogen) atoms. The molecule has 0 amide bonds. The van der Waals surface area contributed by atoms with Crippen LogP contribution in [-0.2, 0) is 0 Å². The van der Waals surface area contributed by atoms with Crippen LogP contribution in [-0.4, -0.2) is 24.7 Å². The molecule has 2 bridgehead atoms. The second kappa shape index (κ2) is 4.96. The Bertz CT molecular complexity index is 441. The zero-order valence-corrected chi connectivity index (χ0v) is 10.6. The molecule has 2 saturated heterocycles. The number of nitrogens with zero attached hydrogens (tertiary/aromatic N) is 1. The first-order valence-electron chi connectivity index (χ1n) is 6.73. The predicted molar refractivity (Wildman–Crippen MR) is 69.6 cm³/mol. The maximum Gasteiger partial charge on any atom is 0.387 e. The van der Waals surface area contributed by atoms with E-state index in [0.717, 1.165) is 31.4 Å². The highest BCUT2D eigenvalue weighted by Gasteiger charge is 2.40. The molecule has 0 saturated carbocycles. The van der Waals surface area contributed by atoms with Gasteiger partial charge in [-0.25, -0.2) is 0 Å². The molecule has 1 aromatic rings. The van der Waals surface area contributed by atoms with E-state index in [1.807, 2.05) is 12.1 Å². The Hall–Kier alpha value is -1.36. The van der Waals surface area contributed by atoms with E-state index < -0.39 is 6.61 Å². The van der Waals surface area contributed by atoms with Crippen molar-refractivity contribution in [3.05, 3.63) is 24.3 Å². The zero-order chi connectivity index (χ0) is 13.4. The second-order valence-electron chi connectivity index (χ2n) is 5.37. The van der Waals surface area contributed by atoms with E-state index >= 15 is 0 Å². The van der Waals surface area contributed by atoms with Crippen LogP contribution in [0.1, 0.15) is 25.7 Å². The number of alkyl halides is 2. The molecule has 2 atom stereocenters. The first-order chi connectivity index (χ1) is 9.15. The summed E-state index contributed by atoms with van der Waals surface area (Å²) in [4.78, 5) is 2.24. The first kappa shape index (κ1) is 12.7. The summed E-state index contributed by atoms with van der Waals surface area (Å²) in [5, 5.41) is 0. The molecule has 0 spiro atoms. The number of rotatable bonds is 3. The van der Waals surface area contributed by atoms with Gasteiger partial charge in [-0.05, 0) is 37.8 Å². The molecule has 0 aromatic heterocycles. The van der Waals surface area contributed by atoms with Gasteiger partial charge in [0.15, 0.2) is 0 Å². The number of hydrogen-bond acceptors (Lipinski definition) is 3. The molecule has 2 fully saturated rings. The second-order valence-corrected chi connectivity index (χ2v) is 5.37. The molecule has 1 aromatic carbocycles. The Morgan fingerprint density at radius 2 is 1.79 bits per heavy atom. The van der Waals surface area contributed by atoms with Crippen LogP contribution in [0.4, 0.5) is 14.5 Å². The Balaban J connectivity index is 1.90. The minimum atomic E-state index is -2.79. The van der Waals surface area contributed by atoms with E-state index in [0.29, 0.717) is 12.1 Å². The highest BCUT2D eigenvalue weighted by molar-refractivity contribution is 5.61. The number of hydrogen-bond donors (Lipinski definition) is 1. The Labute approximate surface area is 111 Å². The number of anilines is 1. The van der Waals surface area contributed by atoms with Crippen LogP contribution in [0.5, 0.6) is 5.75 Å². The lowest BCUT2D eigenvalue weighted by Gasteiger charge is -2.40. The summed E-state index contributed by atoms with van der Waals surface area (Å²) in [5.41, 5.74) is 6.82. The van der Waals surface area contributed by atoms with Crippen molar-refractivity contribution >= 4 is 5.69 Å². The van der Waals surface area contributed by atoms with Crippen molar-refractivity contribution in [2.75, 3.05) is 4.90 Å². The summed E-state index contributed by atoms with van der Waals surface area (Å²) in [6.45, 7) is -2.79. The SMILES string of the molecule is NC1CC2CCC(C1)N2c1ccccc1OC(F)F. The fourth-order valence-corrected chi connectivity index (χ4v) is 3.48. The molecule has 104 valence electrons. The number of para-hydroxylation sites is 2. The number of piperidine rings is 1. The third kappa shape index (κ3) is 2.39. The van der Waals surface area contributed by atoms with Crippen LogP contribution < -0.4 is 15.4 Å². The third-order valence-corrected chi connectivity index (χ3v) is 4.13. The quantitative estimate of drug-likeness (QED) is 0.916. The van der Waals surface area contributed by atoms with Crippen LogP contribution in [0.15, 0.2) is 24.3 Å². The zero-order valence-electron chi connectivity index (χ0n) is 10.6. The van der Waals surface area contributed by atoms with Crippen LogP contribution >= 0.6 is 0 Å². The van der Waals surface area contributed by atoms with Crippen molar-refractivity contribution in [2.45, 2.75) is 50.4 Å². The molecule has 5 heteroatoms. The maximum atomic E-state index is 12.5. The van der Waals surface area contributed by atoms with Crippen molar-refractivity contribution in [1.82, 2.24) is 0 Å². The van der Waals surface area contributed by atoms with Gasteiger partial charge in [0, 0.05) is 18.1 Å². The number of fused-ring (bicyclic) bond motifs is 2. The smallest absolute Gasteiger partial charge is 0.387 e. The van der Waals surface area contributed by atoms with Crippen molar-refractivity contribution in [3.63, 3.8) is 0 Å². The average Bonchev–Trinajstić information content (AvgIpc) is 2.62. The summed E-state index contributed by atoms with van der Waals surface area (Å²) >= 11 is 0. The minimum absolute atomic E-state index is 0.233. The first-order valence-corrected chi connectivity index (χ1v) is 6.73. The normalized spacial score (nSPS) is 29.9. The Morgan fingerprint density at radius 1 is 1.16 bits per heavy atom. The average molecular weight is 268 g/mol. The van der Waals surface area contributed by atoms with Crippen LogP contribution in [0.3, 0.4) is 0 Å². The van der Waals surface area contributed by atoms with Gasteiger partial charge in [-0.3, -0.25) is 0 Å². The molecular weight excluding hydrogens is 250 g/mol. The Kier molecular flexibility index (Phi) is 3.31. The van der Waals surface area contributed by atoms with Crippen molar-refractivity contribution in [1.29, 1.82) is 0 Å². The standard InChI is InChI=1S/C14H18F2N2O/c15-14(16)19-13-4-2-1-3-12(13)18-10-5-6-11(18)8-9(17)7-10/h1-4,9-11,14H,5-8,17H2. The van der Waals surface area contributed by atoms with Gasteiger partial charge in [-0.2, -0.15) is 8.78 Å². The predicted octanol–water partition coefficient (Wildman–Crippen LogP) is 2.75. The van der Waals surface area contributed by atoms with Gasteiger partial charge in [0.1, 0.15) is 5.75 Å². The van der Waals surface area contributed by atoms with Gasteiger partial charge < -0.3 is 15.4 Å². The van der Waals surface area contributed by atoms with Gasteiger partial charge in [0.25, 0.3) is 0 Å². The van der Waals surface area contributed by atoms with Crippen LogP contribution in [0.2, 0.25) is 0 Å². The van der Waals surface area contributed by atoms with Crippen molar-refractivity contribution in [3.8, 4) is 5.75 Å². The summed E-state index contributed by atoms with van der Waals surface area (Å²) in [6.07, 6.45) is 4.03. The number of nitrogens with two attached hydrogens (primary N) is 1. The van der Waals surface area contributed by atoms with E-state index in [-0.39, 0.29) is 11.8 Å². The summed E-state index contributed by atoms with van der Waals surface area (Å²) < 4.78 is 29.6. The molecule has 2 heterocycles. The molecule has 3 nitrogen and oxygen atoms in total. The monoisotopic (exact) mass is 268 g/mol. The fraction of sp³-hybridized carbons (Fsp3) is 0.571. The van der Waals surface area contributed by atoms with E-state index in [1.165, 1.54) is 0 Å². The summed E-state index contributed by atoms with van der Waals surface area (Å²) in [6, 6.07) is 8.00. The van der Waals surface area contributed by atoms with E-state index in [2.05, 4.69) is 9.64 Å². The number of halogens is 2. The molecular formula is C14H18F2N2O. The van der Waals surface area contributed by atoms with E-state index in [9.17, 15) is 8.78 Å². The molecule has 2 aliphatic heterocycles. The lowest BCUT2D eigenvalue weighted by atomic mass is 9.97. The highest BCUT2D eigenvalue weighted by atomic mass is 19.3.